The Labute approximate surface area is 112 Å². The maximum Gasteiger partial charge on any atom is 0.240 e. The average Bonchev–Trinajstić information content (AvgIpc) is 2.92. The van der Waals surface area contributed by atoms with Gasteiger partial charge in [0.25, 0.3) is 0 Å². The van der Waals surface area contributed by atoms with Crippen LogP contribution in [0, 0.1) is 0 Å². The summed E-state index contributed by atoms with van der Waals surface area (Å²) in [6, 6.07) is 8.31. The Morgan fingerprint density at radius 3 is 2.63 bits per heavy atom. The molecule has 3 N–H and O–H groups in total. The first-order chi connectivity index (χ1) is 9.18. The van der Waals surface area contributed by atoms with Gasteiger partial charge in [-0.2, -0.15) is 0 Å². The van der Waals surface area contributed by atoms with Crippen LogP contribution in [0.1, 0.15) is 5.82 Å². The predicted molar refractivity (Wildman–Crippen MR) is 71.9 cm³/mol. The van der Waals surface area contributed by atoms with E-state index in [1.807, 2.05) is 0 Å². The Bertz CT molecular complexity index is 581. The number of hydrogen-bond donors (Lipinski definition) is 3. The van der Waals surface area contributed by atoms with Crippen LogP contribution in [-0.2, 0) is 16.6 Å². The fourth-order valence-corrected chi connectivity index (χ4v) is 2.61. The number of aromatic amines is 1. The van der Waals surface area contributed by atoms with Crippen LogP contribution in [0.5, 0.6) is 0 Å². The third-order valence-corrected chi connectivity index (χ3v) is 3.97. The molecule has 0 radical (unpaired) electrons. The molecule has 0 bridgehead atoms. The maximum absolute atomic E-state index is 11.9. The van der Waals surface area contributed by atoms with Gasteiger partial charge < -0.3 is 10.3 Å². The van der Waals surface area contributed by atoms with Crippen LogP contribution in [0.3, 0.4) is 0 Å². The molecule has 0 fully saturated rings. The summed E-state index contributed by atoms with van der Waals surface area (Å²) in [5, 5.41) is 3.09. The number of nitrogens with one attached hydrogen (secondary N) is 3. The smallest absolute Gasteiger partial charge is 0.240 e. The summed E-state index contributed by atoms with van der Waals surface area (Å²) in [5.74, 6) is 0.825. The molecule has 102 valence electrons. The molecule has 0 saturated carbocycles. The standard InChI is InChI=1S/C12H16N4O2S/c17-19(18,11-4-2-1-3-5-11)16-9-6-13-10-12-14-7-8-15-12/h1-5,7-8,13,16H,6,9-10H2,(H,14,15). The van der Waals surface area contributed by atoms with Crippen molar-refractivity contribution in [1.29, 1.82) is 0 Å². The van der Waals surface area contributed by atoms with Gasteiger partial charge in [0, 0.05) is 25.5 Å². The van der Waals surface area contributed by atoms with E-state index in [0.717, 1.165) is 5.82 Å². The average molecular weight is 280 g/mol. The van der Waals surface area contributed by atoms with E-state index in [2.05, 4.69) is 20.0 Å². The predicted octanol–water partition coefficient (Wildman–Crippen LogP) is 0.478. The quantitative estimate of drug-likeness (QED) is 0.644. The van der Waals surface area contributed by atoms with Crippen molar-refractivity contribution >= 4 is 10.0 Å². The van der Waals surface area contributed by atoms with Crippen molar-refractivity contribution in [3.8, 4) is 0 Å². The molecule has 0 spiro atoms. The Balaban J connectivity index is 1.73. The van der Waals surface area contributed by atoms with E-state index >= 15 is 0 Å². The number of sulfonamides is 1. The first kappa shape index (κ1) is 13.7. The topological polar surface area (TPSA) is 86.9 Å². The van der Waals surface area contributed by atoms with Gasteiger partial charge in [0.2, 0.25) is 10.0 Å². The lowest BCUT2D eigenvalue weighted by molar-refractivity contribution is 0.574. The first-order valence-corrected chi connectivity index (χ1v) is 7.40. The van der Waals surface area contributed by atoms with Gasteiger partial charge in [-0.05, 0) is 12.1 Å². The van der Waals surface area contributed by atoms with Crippen molar-refractivity contribution in [2.75, 3.05) is 13.1 Å². The molecule has 6 nitrogen and oxygen atoms in total. The largest absolute Gasteiger partial charge is 0.348 e. The van der Waals surface area contributed by atoms with Gasteiger partial charge in [-0.3, -0.25) is 0 Å². The third-order valence-electron chi connectivity index (χ3n) is 2.49. The van der Waals surface area contributed by atoms with Crippen LogP contribution >= 0.6 is 0 Å². The number of imidazole rings is 1. The second-order valence-corrected chi connectivity index (χ2v) is 5.69. The summed E-state index contributed by atoms with van der Waals surface area (Å²) < 4.78 is 26.3. The highest BCUT2D eigenvalue weighted by atomic mass is 32.2. The molecule has 0 aliphatic heterocycles. The van der Waals surface area contributed by atoms with Gasteiger partial charge in [-0.15, -0.1) is 0 Å². The van der Waals surface area contributed by atoms with Crippen LogP contribution in [0.4, 0.5) is 0 Å². The number of rotatable bonds is 7. The third kappa shape index (κ3) is 4.16. The molecule has 1 aromatic heterocycles. The molecule has 0 aliphatic rings. The summed E-state index contributed by atoms with van der Waals surface area (Å²) in [5.41, 5.74) is 0. The summed E-state index contributed by atoms with van der Waals surface area (Å²) in [6.07, 6.45) is 3.42. The summed E-state index contributed by atoms with van der Waals surface area (Å²) in [7, 11) is -3.41. The molecule has 7 heteroatoms. The minimum atomic E-state index is -3.41. The van der Waals surface area contributed by atoms with Crippen molar-refractivity contribution in [2.45, 2.75) is 11.4 Å². The first-order valence-electron chi connectivity index (χ1n) is 5.92. The van der Waals surface area contributed by atoms with E-state index in [4.69, 9.17) is 0 Å². The lowest BCUT2D eigenvalue weighted by Gasteiger charge is -2.07. The molecule has 1 aromatic carbocycles. The van der Waals surface area contributed by atoms with Gasteiger partial charge in [0.05, 0.1) is 11.4 Å². The molecule has 1 heterocycles. The molecular formula is C12H16N4O2S. The highest BCUT2D eigenvalue weighted by Crippen LogP contribution is 2.06. The fourth-order valence-electron chi connectivity index (χ4n) is 1.56. The summed E-state index contributed by atoms with van der Waals surface area (Å²) >= 11 is 0. The molecule has 0 aliphatic carbocycles. The number of benzene rings is 1. The highest BCUT2D eigenvalue weighted by molar-refractivity contribution is 7.89. The van der Waals surface area contributed by atoms with Crippen LogP contribution in [0.25, 0.3) is 0 Å². The van der Waals surface area contributed by atoms with Gasteiger partial charge >= 0.3 is 0 Å². The fraction of sp³-hybridized carbons (Fsp3) is 0.250. The minimum absolute atomic E-state index is 0.279. The van der Waals surface area contributed by atoms with Gasteiger partial charge in [-0.25, -0.2) is 18.1 Å². The molecule has 19 heavy (non-hydrogen) atoms. The molecule has 0 unspecified atom stereocenters. The molecule has 2 aromatic rings. The van der Waals surface area contributed by atoms with E-state index in [1.54, 1.807) is 42.7 Å². The summed E-state index contributed by atoms with van der Waals surface area (Å²) in [4.78, 5) is 7.29. The molecule has 2 rings (SSSR count). The second-order valence-electron chi connectivity index (χ2n) is 3.92. The second kappa shape index (κ2) is 6.46. The van der Waals surface area contributed by atoms with Crippen LogP contribution in [0.2, 0.25) is 0 Å². The van der Waals surface area contributed by atoms with Crippen LogP contribution in [-0.4, -0.2) is 31.5 Å². The van der Waals surface area contributed by atoms with Crippen LogP contribution < -0.4 is 10.0 Å². The van der Waals surface area contributed by atoms with E-state index in [1.165, 1.54) is 0 Å². The molecular weight excluding hydrogens is 264 g/mol. The Morgan fingerprint density at radius 1 is 1.16 bits per heavy atom. The lowest BCUT2D eigenvalue weighted by atomic mass is 10.4. The van der Waals surface area contributed by atoms with E-state index in [0.29, 0.717) is 19.6 Å². The van der Waals surface area contributed by atoms with E-state index < -0.39 is 10.0 Å². The number of nitrogens with zero attached hydrogens (tertiary/aromatic N) is 1. The van der Waals surface area contributed by atoms with E-state index in [9.17, 15) is 8.42 Å². The van der Waals surface area contributed by atoms with Gasteiger partial charge in [0.15, 0.2) is 0 Å². The monoisotopic (exact) mass is 280 g/mol. The van der Waals surface area contributed by atoms with Gasteiger partial charge in [-0.1, -0.05) is 18.2 Å². The Hall–Kier alpha value is -1.70. The SMILES string of the molecule is O=S(=O)(NCCNCc1ncc[nH]1)c1ccccc1. The van der Waals surface area contributed by atoms with E-state index in [-0.39, 0.29) is 4.90 Å². The zero-order chi connectivity index (χ0) is 13.6. The maximum atomic E-state index is 11.9. The number of hydrogen-bond acceptors (Lipinski definition) is 4. The summed E-state index contributed by atoms with van der Waals surface area (Å²) in [6.45, 7) is 1.45. The number of H-pyrrole nitrogens is 1. The zero-order valence-electron chi connectivity index (χ0n) is 10.3. The Morgan fingerprint density at radius 2 is 1.95 bits per heavy atom. The molecule has 0 amide bonds. The van der Waals surface area contributed by atoms with Crippen molar-refractivity contribution < 1.29 is 8.42 Å². The number of aromatic nitrogens is 2. The van der Waals surface area contributed by atoms with Crippen molar-refractivity contribution in [3.63, 3.8) is 0 Å². The van der Waals surface area contributed by atoms with Gasteiger partial charge in [0.1, 0.15) is 5.82 Å². The highest BCUT2D eigenvalue weighted by Gasteiger charge is 2.11. The van der Waals surface area contributed by atoms with Crippen molar-refractivity contribution in [1.82, 2.24) is 20.0 Å². The Kier molecular flexibility index (Phi) is 4.67. The lowest BCUT2D eigenvalue weighted by Crippen LogP contribution is -2.31. The molecule has 0 saturated heterocycles. The van der Waals surface area contributed by atoms with Crippen LogP contribution in [0.15, 0.2) is 47.6 Å². The normalized spacial score (nSPS) is 11.6. The molecule has 0 atom stereocenters. The minimum Gasteiger partial charge on any atom is -0.348 e. The zero-order valence-corrected chi connectivity index (χ0v) is 11.2. The van der Waals surface area contributed by atoms with Crippen molar-refractivity contribution in [2.24, 2.45) is 0 Å². The van der Waals surface area contributed by atoms with Crippen molar-refractivity contribution in [3.05, 3.63) is 48.5 Å².